The number of nitrogens with one attached hydrogen (secondary N) is 3. The zero-order valence-corrected chi connectivity index (χ0v) is 37.5. The third-order valence-corrected chi connectivity index (χ3v) is 17.9. The second-order valence-corrected chi connectivity index (χ2v) is 21.4. The van der Waals surface area contributed by atoms with Gasteiger partial charge in [-0.3, -0.25) is 14.4 Å². The average molecular weight is 807 g/mol. The summed E-state index contributed by atoms with van der Waals surface area (Å²) in [5.41, 5.74) is 4.53. The second-order valence-electron chi connectivity index (χ2n) is 21.4. The molecule has 4 N–H and O–H groups in total. The van der Waals surface area contributed by atoms with Crippen LogP contribution in [0.25, 0.3) is 0 Å². The highest BCUT2D eigenvalue weighted by molar-refractivity contribution is 5.95. The highest BCUT2D eigenvalue weighted by Crippen LogP contribution is 2.77. The van der Waals surface area contributed by atoms with E-state index in [-0.39, 0.29) is 50.9 Å². The quantitative estimate of drug-likeness (QED) is 0.161. The fourth-order valence-electron chi connectivity index (χ4n) is 14.4. The van der Waals surface area contributed by atoms with E-state index in [9.17, 15) is 19.5 Å². The van der Waals surface area contributed by atoms with Crippen LogP contribution < -0.4 is 16.0 Å². The highest BCUT2D eigenvalue weighted by Gasteiger charge is 2.71. The molecule has 4 unspecified atom stereocenters. The number of aliphatic hydroxyl groups excluding tert-OH is 1. The highest BCUT2D eigenvalue weighted by atomic mass is 16.3. The van der Waals surface area contributed by atoms with E-state index in [2.05, 4.69) is 64.1 Å². The Hall–Kier alpha value is -3.49. The Morgan fingerprint density at radius 1 is 0.746 bits per heavy atom. The maximum absolute atomic E-state index is 14.7. The molecular formula is C51H74N4O4. The number of likely N-dealkylation sites (N-methyl/N-ethyl adjacent to an activating group) is 1. The van der Waals surface area contributed by atoms with E-state index in [1.807, 2.05) is 55.4 Å². The third-order valence-electron chi connectivity index (χ3n) is 17.9. The normalized spacial score (nSPS) is 35.7. The minimum absolute atomic E-state index is 0.0579. The number of rotatable bonds is 12. The summed E-state index contributed by atoms with van der Waals surface area (Å²) in [6.45, 7) is 21.5. The number of benzene rings is 2. The molecule has 0 heterocycles. The molecule has 7 rings (SSSR count). The van der Waals surface area contributed by atoms with E-state index >= 15 is 0 Å². The lowest BCUT2D eigenvalue weighted by Gasteiger charge is -2.72. The number of carbonyl (C=O) groups excluding carboxylic acids is 3. The molecule has 322 valence electrons. The van der Waals surface area contributed by atoms with Crippen LogP contribution in [-0.4, -0.2) is 67.6 Å². The number of aliphatic hydroxyl groups is 1. The van der Waals surface area contributed by atoms with Gasteiger partial charge in [0.25, 0.3) is 11.8 Å². The Bertz CT molecular complexity index is 1910. The molecule has 10 atom stereocenters. The number of nitrogens with zero attached hydrogens (tertiary/aromatic N) is 1. The van der Waals surface area contributed by atoms with E-state index < -0.39 is 0 Å². The summed E-state index contributed by atoms with van der Waals surface area (Å²) in [7, 11) is 3.94. The Balaban J connectivity index is 0.985. The molecule has 0 bridgehead atoms. The van der Waals surface area contributed by atoms with Gasteiger partial charge in [-0.05, 0) is 178 Å². The SMILES string of the molecule is C=C(C)[C@@H]1CC[C@]2(C(=O)NCCc3cccc(C(=O)NCc4ccc(C(=O)NCCN(C)C)cc4)c3)CC[C@]3(C)C(CCC4[C@@]5(C)CC[C@H](O)C(C)(C)C5CC[C@]43C)C12. The number of carbonyl (C=O) groups is 3. The first kappa shape index (κ1) is 43.6. The molecule has 5 fully saturated rings. The molecule has 8 heteroatoms. The lowest BCUT2D eigenvalue weighted by molar-refractivity contribution is -0.246. The van der Waals surface area contributed by atoms with Gasteiger partial charge in [-0.25, -0.2) is 0 Å². The average Bonchev–Trinajstić information content (AvgIpc) is 3.60. The van der Waals surface area contributed by atoms with Gasteiger partial charge in [0.2, 0.25) is 5.91 Å². The van der Waals surface area contributed by atoms with E-state index in [0.717, 1.165) is 56.2 Å². The van der Waals surface area contributed by atoms with Gasteiger partial charge in [-0.1, -0.05) is 71.0 Å². The first-order valence-electron chi connectivity index (χ1n) is 22.9. The molecule has 0 aliphatic heterocycles. The monoisotopic (exact) mass is 807 g/mol. The molecule has 2 aromatic rings. The van der Waals surface area contributed by atoms with Crippen LogP contribution in [0, 0.1) is 56.7 Å². The van der Waals surface area contributed by atoms with E-state index in [0.29, 0.717) is 66.8 Å². The lowest BCUT2D eigenvalue weighted by Crippen LogP contribution is -2.67. The van der Waals surface area contributed by atoms with Crippen LogP contribution in [0.5, 0.6) is 0 Å². The van der Waals surface area contributed by atoms with Crippen LogP contribution in [0.15, 0.2) is 60.7 Å². The molecule has 5 saturated carbocycles. The minimum atomic E-state index is -0.370. The Morgan fingerprint density at radius 3 is 2.19 bits per heavy atom. The maximum Gasteiger partial charge on any atom is 0.251 e. The van der Waals surface area contributed by atoms with Gasteiger partial charge in [0, 0.05) is 37.3 Å². The van der Waals surface area contributed by atoms with Crippen LogP contribution >= 0.6 is 0 Å². The fourth-order valence-corrected chi connectivity index (χ4v) is 14.4. The van der Waals surface area contributed by atoms with Crippen LogP contribution in [0.4, 0.5) is 0 Å². The molecule has 0 saturated heterocycles. The number of hydrogen-bond acceptors (Lipinski definition) is 5. The fraction of sp³-hybridized carbons (Fsp3) is 0.667. The Labute approximate surface area is 355 Å². The van der Waals surface area contributed by atoms with Crippen LogP contribution in [0.3, 0.4) is 0 Å². The largest absolute Gasteiger partial charge is 0.393 e. The Morgan fingerprint density at radius 2 is 1.47 bits per heavy atom. The van der Waals surface area contributed by atoms with E-state index in [1.165, 1.54) is 31.3 Å². The molecule has 59 heavy (non-hydrogen) atoms. The zero-order chi connectivity index (χ0) is 42.5. The molecule has 3 amide bonds. The van der Waals surface area contributed by atoms with Crippen molar-refractivity contribution in [2.24, 2.45) is 56.7 Å². The van der Waals surface area contributed by atoms with Gasteiger partial charge in [-0.2, -0.15) is 0 Å². The van der Waals surface area contributed by atoms with Crippen molar-refractivity contribution < 1.29 is 19.5 Å². The second kappa shape index (κ2) is 16.4. The van der Waals surface area contributed by atoms with Crippen molar-refractivity contribution in [2.75, 3.05) is 33.7 Å². The number of amides is 3. The van der Waals surface area contributed by atoms with Crippen LogP contribution in [0.1, 0.15) is 138 Å². The summed E-state index contributed by atoms with van der Waals surface area (Å²) < 4.78 is 0. The summed E-state index contributed by atoms with van der Waals surface area (Å²) in [5.74, 6) is 2.30. The predicted molar refractivity (Wildman–Crippen MR) is 237 cm³/mol. The Kier molecular flexibility index (Phi) is 12.1. The summed E-state index contributed by atoms with van der Waals surface area (Å²) >= 11 is 0. The first-order chi connectivity index (χ1) is 27.9. The molecule has 0 aromatic heterocycles. The van der Waals surface area contributed by atoms with Gasteiger partial charge >= 0.3 is 0 Å². The van der Waals surface area contributed by atoms with Crippen molar-refractivity contribution in [1.29, 1.82) is 0 Å². The van der Waals surface area contributed by atoms with Crippen molar-refractivity contribution in [3.63, 3.8) is 0 Å². The van der Waals surface area contributed by atoms with Crippen molar-refractivity contribution in [3.8, 4) is 0 Å². The first-order valence-corrected chi connectivity index (χ1v) is 22.9. The molecule has 5 aliphatic carbocycles. The van der Waals surface area contributed by atoms with Gasteiger partial charge in [0.1, 0.15) is 0 Å². The van der Waals surface area contributed by atoms with Gasteiger partial charge < -0.3 is 26.0 Å². The van der Waals surface area contributed by atoms with Gasteiger partial charge in [0.15, 0.2) is 0 Å². The maximum atomic E-state index is 14.7. The standard InChI is InChI=1S/C51H74N4O4/c1-33(2)38-19-25-51(27-26-49(6)39(43(38)51)17-18-41-48(5)23-21-42(56)47(3,4)40(48)20-24-50(41,49)7)46(59)53-28-22-34-11-10-12-37(31-34)45(58)54-32-35-13-15-36(16-14-35)44(57)52-29-30-55(8)9/h10-16,31,38-43,56H,1,17-30,32H2,2-9H3,(H,52,57)(H,53,59)(H,54,58)/t38-,39?,40?,41?,42-,43?,48-,49+,50+,51-/m0/s1. The van der Waals surface area contributed by atoms with Crippen molar-refractivity contribution in [3.05, 3.63) is 82.9 Å². The topological polar surface area (TPSA) is 111 Å². The summed E-state index contributed by atoms with van der Waals surface area (Å²) in [4.78, 5) is 42.4. The zero-order valence-electron chi connectivity index (χ0n) is 37.5. The van der Waals surface area contributed by atoms with E-state index in [1.54, 1.807) is 12.1 Å². The van der Waals surface area contributed by atoms with Gasteiger partial charge in [0.05, 0.1) is 11.5 Å². The lowest BCUT2D eigenvalue weighted by atomic mass is 9.32. The van der Waals surface area contributed by atoms with Gasteiger partial charge in [-0.15, -0.1) is 0 Å². The molecule has 8 nitrogen and oxygen atoms in total. The van der Waals surface area contributed by atoms with Crippen molar-refractivity contribution in [1.82, 2.24) is 20.9 Å². The van der Waals surface area contributed by atoms with Crippen LogP contribution in [-0.2, 0) is 17.8 Å². The minimum Gasteiger partial charge on any atom is -0.393 e. The third kappa shape index (κ3) is 7.61. The summed E-state index contributed by atoms with van der Waals surface area (Å²) in [5, 5.41) is 20.6. The summed E-state index contributed by atoms with van der Waals surface area (Å²) in [6, 6.07) is 15.1. The van der Waals surface area contributed by atoms with E-state index in [4.69, 9.17) is 0 Å². The number of allylic oxidation sites excluding steroid dienone is 1. The van der Waals surface area contributed by atoms with Crippen molar-refractivity contribution >= 4 is 17.7 Å². The summed E-state index contributed by atoms with van der Waals surface area (Å²) in [6.07, 6.45) is 11.3. The number of hydrogen-bond donors (Lipinski definition) is 4. The smallest absolute Gasteiger partial charge is 0.251 e. The van der Waals surface area contributed by atoms with Crippen LogP contribution in [0.2, 0.25) is 0 Å². The molecule has 2 aromatic carbocycles. The molecule has 5 aliphatic rings. The number of fused-ring (bicyclic) bond motifs is 7. The molecule has 0 radical (unpaired) electrons. The predicted octanol–water partition coefficient (Wildman–Crippen LogP) is 8.59. The molecular weight excluding hydrogens is 733 g/mol. The van der Waals surface area contributed by atoms with Crippen molar-refractivity contribution in [2.45, 2.75) is 125 Å². The molecule has 0 spiro atoms.